The summed E-state index contributed by atoms with van der Waals surface area (Å²) in [5, 5.41) is 6.48. The lowest BCUT2D eigenvalue weighted by atomic mass is 10.1. The van der Waals surface area contributed by atoms with Gasteiger partial charge in [0, 0.05) is 43.2 Å². The fourth-order valence-corrected chi connectivity index (χ4v) is 3.69. The molecule has 3 aromatic heterocycles. The van der Waals surface area contributed by atoms with Crippen molar-refractivity contribution in [2.24, 2.45) is 0 Å². The third kappa shape index (κ3) is 5.83. The van der Waals surface area contributed by atoms with E-state index in [1.165, 1.54) is 11.8 Å². The predicted molar refractivity (Wildman–Crippen MR) is 123 cm³/mol. The number of hydrogen-bond acceptors (Lipinski definition) is 9. The SMILES string of the molecule is FC(F)(F)c1nc(-c2ccc(CNc3nccc(-c4ccc(CN5CCOCC5)cc4)n3)nc2)no1. The van der Waals surface area contributed by atoms with Gasteiger partial charge in [0.25, 0.3) is 0 Å². The lowest BCUT2D eigenvalue weighted by molar-refractivity contribution is -0.159. The topological polar surface area (TPSA) is 102 Å². The number of ether oxygens (including phenoxy) is 1. The Morgan fingerprint density at radius 1 is 0.917 bits per heavy atom. The molecular formula is C24H22F3N7O2. The van der Waals surface area contributed by atoms with Gasteiger partial charge in [-0.15, -0.1) is 0 Å². The first-order chi connectivity index (χ1) is 17.4. The Bertz CT molecular complexity index is 1290. The fraction of sp³-hybridized carbons (Fsp3) is 0.292. The molecule has 5 rings (SSSR count). The lowest BCUT2D eigenvalue weighted by Crippen LogP contribution is -2.35. The number of nitrogens with one attached hydrogen (secondary N) is 1. The van der Waals surface area contributed by atoms with Crippen LogP contribution in [-0.2, 0) is 24.0 Å². The zero-order valence-corrected chi connectivity index (χ0v) is 19.1. The van der Waals surface area contributed by atoms with Gasteiger partial charge in [-0.05, 0) is 23.8 Å². The Hall–Kier alpha value is -3.90. The van der Waals surface area contributed by atoms with Crippen LogP contribution in [0.15, 0.2) is 59.4 Å². The van der Waals surface area contributed by atoms with Crippen molar-refractivity contribution in [3.63, 3.8) is 0 Å². The number of halogens is 3. The summed E-state index contributed by atoms with van der Waals surface area (Å²) >= 11 is 0. The van der Waals surface area contributed by atoms with Crippen molar-refractivity contribution in [3.05, 3.63) is 72.0 Å². The summed E-state index contributed by atoms with van der Waals surface area (Å²) in [5.41, 5.74) is 3.95. The predicted octanol–water partition coefficient (Wildman–Crippen LogP) is 4.05. The minimum Gasteiger partial charge on any atom is -0.379 e. The maximum Gasteiger partial charge on any atom is 0.471 e. The molecule has 0 bridgehead atoms. The second kappa shape index (κ2) is 10.4. The molecule has 0 radical (unpaired) electrons. The highest BCUT2D eigenvalue weighted by Crippen LogP contribution is 2.29. The molecule has 0 atom stereocenters. The summed E-state index contributed by atoms with van der Waals surface area (Å²) in [4.78, 5) is 18.8. The molecule has 0 amide bonds. The molecule has 12 heteroatoms. The van der Waals surface area contributed by atoms with Crippen LogP contribution in [-0.4, -0.2) is 56.3 Å². The summed E-state index contributed by atoms with van der Waals surface area (Å²) in [6.45, 7) is 4.64. The number of alkyl halides is 3. The van der Waals surface area contributed by atoms with Crippen molar-refractivity contribution < 1.29 is 22.4 Å². The highest BCUT2D eigenvalue weighted by atomic mass is 19.4. The summed E-state index contributed by atoms with van der Waals surface area (Å²) in [6.07, 6.45) is -1.63. The molecule has 0 saturated carbocycles. The molecule has 36 heavy (non-hydrogen) atoms. The Balaban J connectivity index is 1.19. The van der Waals surface area contributed by atoms with E-state index in [2.05, 4.69) is 52.0 Å². The monoisotopic (exact) mass is 497 g/mol. The van der Waals surface area contributed by atoms with Gasteiger partial charge in [-0.3, -0.25) is 9.88 Å². The summed E-state index contributed by atoms with van der Waals surface area (Å²) < 4.78 is 47.6. The van der Waals surface area contributed by atoms with Crippen LogP contribution in [0.1, 0.15) is 17.1 Å². The summed E-state index contributed by atoms with van der Waals surface area (Å²) in [6, 6.07) is 13.4. The number of rotatable bonds is 7. The number of hydrogen-bond donors (Lipinski definition) is 1. The maximum atomic E-state index is 12.6. The van der Waals surface area contributed by atoms with Crippen molar-refractivity contribution in [3.8, 4) is 22.6 Å². The van der Waals surface area contributed by atoms with Crippen LogP contribution in [0.2, 0.25) is 0 Å². The van der Waals surface area contributed by atoms with Gasteiger partial charge in [-0.25, -0.2) is 9.97 Å². The van der Waals surface area contributed by atoms with Crippen LogP contribution in [0.25, 0.3) is 22.6 Å². The van der Waals surface area contributed by atoms with Crippen LogP contribution in [0.3, 0.4) is 0 Å². The van der Waals surface area contributed by atoms with Crippen molar-refractivity contribution in [1.82, 2.24) is 30.0 Å². The van der Waals surface area contributed by atoms with Crippen molar-refractivity contribution in [1.29, 1.82) is 0 Å². The highest BCUT2D eigenvalue weighted by Gasteiger charge is 2.38. The second-order valence-electron chi connectivity index (χ2n) is 8.16. The molecule has 0 spiro atoms. The number of morpholine rings is 1. The Morgan fingerprint density at radius 2 is 1.69 bits per heavy atom. The highest BCUT2D eigenvalue weighted by molar-refractivity contribution is 5.60. The Labute approximate surface area is 204 Å². The second-order valence-corrected chi connectivity index (χ2v) is 8.16. The number of aromatic nitrogens is 5. The van der Waals surface area contributed by atoms with Crippen molar-refractivity contribution >= 4 is 5.95 Å². The van der Waals surface area contributed by atoms with Gasteiger partial charge in [0.05, 0.1) is 31.1 Å². The molecule has 1 saturated heterocycles. The van der Waals surface area contributed by atoms with Gasteiger partial charge in [-0.1, -0.05) is 29.4 Å². The molecule has 9 nitrogen and oxygen atoms in total. The standard InChI is InChI=1S/C24H22F3N7O2/c25-24(26,27)22-32-21(33-36-22)18-5-6-19(29-13-18)14-30-23-28-8-7-20(31-23)17-3-1-16(2-4-17)15-34-9-11-35-12-10-34/h1-8,13H,9-12,14-15H2,(H,28,30,31). The van der Waals surface area contributed by atoms with E-state index < -0.39 is 12.1 Å². The fourth-order valence-electron chi connectivity index (χ4n) is 3.69. The number of pyridine rings is 1. The van der Waals surface area contributed by atoms with Gasteiger partial charge >= 0.3 is 12.1 Å². The summed E-state index contributed by atoms with van der Waals surface area (Å²) in [5.74, 6) is -1.14. The van der Waals surface area contributed by atoms with E-state index in [9.17, 15) is 13.2 Å². The molecule has 1 aliphatic rings. The molecule has 4 aromatic rings. The van der Waals surface area contributed by atoms with E-state index in [0.717, 1.165) is 44.1 Å². The van der Waals surface area contributed by atoms with Crippen LogP contribution in [0.4, 0.5) is 19.1 Å². The largest absolute Gasteiger partial charge is 0.471 e. The molecule has 186 valence electrons. The average Bonchev–Trinajstić information content (AvgIpc) is 3.40. The van der Waals surface area contributed by atoms with Crippen LogP contribution in [0.5, 0.6) is 0 Å². The minimum atomic E-state index is -4.69. The number of anilines is 1. The van der Waals surface area contributed by atoms with E-state index in [0.29, 0.717) is 23.8 Å². The molecule has 0 unspecified atom stereocenters. The first-order valence-corrected chi connectivity index (χ1v) is 11.3. The van der Waals surface area contributed by atoms with E-state index in [4.69, 9.17) is 4.74 Å². The van der Waals surface area contributed by atoms with Gasteiger partial charge in [0.2, 0.25) is 11.8 Å². The Morgan fingerprint density at radius 3 is 2.39 bits per heavy atom. The zero-order valence-electron chi connectivity index (χ0n) is 19.1. The average molecular weight is 497 g/mol. The molecule has 1 fully saturated rings. The quantitative estimate of drug-likeness (QED) is 0.405. The molecule has 1 N–H and O–H groups in total. The van der Waals surface area contributed by atoms with Gasteiger partial charge < -0.3 is 14.6 Å². The number of nitrogens with zero attached hydrogens (tertiary/aromatic N) is 6. The number of benzene rings is 1. The third-order valence-electron chi connectivity index (χ3n) is 5.59. The van der Waals surface area contributed by atoms with E-state index in [1.54, 1.807) is 18.3 Å². The van der Waals surface area contributed by atoms with Crippen LogP contribution in [0, 0.1) is 0 Å². The van der Waals surface area contributed by atoms with Gasteiger partial charge in [0.1, 0.15) is 0 Å². The van der Waals surface area contributed by atoms with E-state index in [1.807, 2.05) is 18.2 Å². The normalized spacial score (nSPS) is 14.6. The first kappa shape index (κ1) is 23.8. The molecule has 4 heterocycles. The smallest absolute Gasteiger partial charge is 0.379 e. The molecular weight excluding hydrogens is 475 g/mol. The van der Waals surface area contributed by atoms with Crippen molar-refractivity contribution in [2.45, 2.75) is 19.3 Å². The maximum absolute atomic E-state index is 12.6. The van der Waals surface area contributed by atoms with Crippen LogP contribution < -0.4 is 5.32 Å². The molecule has 1 aromatic carbocycles. The third-order valence-corrected chi connectivity index (χ3v) is 5.59. The van der Waals surface area contributed by atoms with E-state index in [-0.39, 0.29) is 5.82 Å². The molecule has 1 aliphatic heterocycles. The lowest BCUT2D eigenvalue weighted by Gasteiger charge is -2.26. The van der Waals surface area contributed by atoms with E-state index >= 15 is 0 Å². The van der Waals surface area contributed by atoms with Gasteiger partial charge in [0.15, 0.2) is 0 Å². The molecule has 0 aliphatic carbocycles. The minimum absolute atomic E-state index is 0.179. The first-order valence-electron chi connectivity index (χ1n) is 11.3. The zero-order chi connectivity index (χ0) is 25.0. The Kier molecular flexibility index (Phi) is 6.87. The van der Waals surface area contributed by atoms with Crippen molar-refractivity contribution in [2.75, 3.05) is 31.6 Å². The van der Waals surface area contributed by atoms with Gasteiger partial charge in [-0.2, -0.15) is 18.2 Å². The van der Waals surface area contributed by atoms with Crippen LogP contribution >= 0.6 is 0 Å². The summed E-state index contributed by atoms with van der Waals surface area (Å²) in [7, 11) is 0.